The first-order valence-corrected chi connectivity index (χ1v) is 19.8. The van der Waals surface area contributed by atoms with Gasteiger partial charge in [-0.2, -0.15) is 5.26 Å². The van der Waals surface area contributed by atoms with E-state index in [1.54, 1.807) is 6.20 Å². The van der Waals surface area contributed by atoms with E-state index in [0.29, 0.717) is 44.3 Å². The molecule has 1 aliphatic heterocycles. The van der Waals surface area contributed by atoms with Crippen molar-refractivity contribution in [3.8, 4) is 6.07 Å². The van der Waals surface area contributed by atoms with E-state index in [1.165, 1.54) is 18.2 Å². The second-order valence-corrected chi connectivity index (χ2v) is 17.4. The number of thiol groups is 1. The molecule has 8 nitrogen and oxygen atoms in total. The molecule has 1 N–H and O–H groups in total. The zero-order valence-corrected chi connectivity index (χ0v) is 31.6. The molecule has 0 spiro atoms. The molecule has 1 aromatic heterocycles. The number of pyridine rings is 1. The van der Waals surface area contributed by atoms with Gasteiger partial charge in [-0.1, -0.05) is 68.4 Å². The fourth-order valence-corrected chi connectivity index (χ4v) is 8.25. The standard InChI is InChI=1S/C41H52BN3O5S/c1-40(2,51-5)15-18-47-27-31-20-29(19-30(21-31)22-32(26-43)35-13-9-10-16-44-35)14-17-48-39(46)45-37(23-28-11-7-6-8-12-28)42-49-36-25-33-24-34(38(36)50-42)41(33,3)4/h6-13,16,19-21,32-34,36-38H,14-15,17-18,22-25,27H2,1-5H3,(H,45,46)/p+1/t32?,33?,34?,36-,37+,38+/m1/s1. The van der Waals surface area contributed by atoms with Gasteiger partial charge >= 0.3 is 13.2 Å². The van der Waals surface area contributed by atoms with Crippen molar-refractivity contribution >= 4 is 25.0 Å². The first kappa shape index (κ1) is 37.4. The monoisotopic (exact) mass is 710 g/mol. The third-order valence-corrected chi connectivity index (χ3v) is 12.9. The molecule has 2 aromatic carbocycles. The smallest absolute Gasteiger partial charge is 0.449 e. The lowest BCUT2D eigenvalue weighted by atomic mass is 9.47. The van der Waals surface area contributed by atoms with Crippen LogP contribution in [0.5, 0.6) is 0 Å². The zero-order chi connectivity index (χ0) is 36.0. The number of aromatic nitrogens is 1. The Morgan fingerprint density at radius 3 is 2.53 bits per heavy atom. The highest BCUT2D eigenvalue weighted by Gasteiger charge is 2.62. The maximum atomic E-state index is 13.3. The van der Waals surface area contributed by atoms with Gasteiger partial charge in [0.1, 0.15) is 4.75 Å². The highest BCUT2D eigenvalue weighted by atomic mass is 32.2. The molecule has 51 heavy (non-hydrogen) atoms. The molecular formula is C41H53BN3O5S+. The van der Waals surface area contributed by atoms with Crippen molar-refractivity contribution < 1.29 is 23.6 Å². The summed E-state index contributed by atoms with van der Waals surface area (Å²) < 4.78 is 25.2. The van der Waals surface area contributed by atoms with Gasteiger partial charge in [0, 0.05) is 19.0 Å². The molecule has 7 rings (SSSR count). The molecule has 3 aliphatic carbocycles. The van der Waals surface area contributed by atoms with Gasteiger partial charge < -0.3 is 24.1 Å². The normalized spacial score (nSPS) is 23.0. The van der Waals surface area contributed by atoms with E-state index in [0.717, 1.165) is 40.8 Å². The zero-order valence-electron chi connectivity index (χ0n) is 30.7. The van der Waals surface area contributed by atoms with Gasteiger partial charge in [0.25, 0.3) is 0 Å². The van der Waals surface area contributed by atoms with Crippen molar-refractivity contribution in [2.75, 3.05) is 19.5 Å². The third-order valence-electron chi connectivity index (χ3n) is 11.5. The average Bonchev–Trinajstić information content (AvgIpc) is 3.58. The SMILES string of the molecule is C[SH+]C(C)(C)CCOCc1cc(CCOC(=O)N[C@@H](Cc2ccccc2)B2O[C@@H]3CC4CC([C@@H]3O2)C4(C)C)cc(CC(C#N)c2ccccn2)c1. The van der Waals surface area contributed by atoms with Crippen molar-refractivity contribution in [2.45, 2.75) is 102 Å². The Morgan fingerprint density at radius 2 is 1.80 bits per heavy atom. The summed E-state index contributed by atoms with van der Waals surface area (Å²) in [5.74, 6) is 0.390. The number of hydrogen-bond donors (Lipinski definition) is 1. The number of nitrogens with zero attached hydrogens (tertiary/aromatic N) is 2. The van der Waals surface area contributed by atoms with Gasteiger partial charge in [-0.25, -0.2) is 4.79 Å². The second-order valence-electron chi connectivity index (χ2n) is 15.7. The minimum Gasteiger partial charge on any atom is -0.449 e. The number of rotatable bonds is 16. The van der Waals surface area contributed by atoms with E-state index in [1.807, 2.05) is 36.4 Å². The molecule has 4 aliphatic rings. The topological polar surface area (TPSA) is 103 Å². The van der Waals surface area contributed by atoms with Crippen molar-refractivity contribution in [1.82, 2.24) is 10.3 Å². The van der Waals surface area contributed by atoms with Crippen molar-refractivity contribution in [1.29, 1.82) is 5.26 Å². The Bertz CT molecular complexity index is 1650. The summed E-state index contributed by atoms with van der Waals surface area (Å²) in [6.45, 7) is 10.5. The average molecular weight is 711 g/mol. The van der Waals surface area contributed by atoms with Crippen LogP contribution in [0.3, 0.4) is 0 Å². The van der Waals surface area contributed by atoms with E-state index in [2.05, 4.69) is 80.7 Å². The first-order valence-electron chi connectivity index (χ1n) is 18.4. The molecule has 2 heterocycles. The summed E-state index contributed by atoms with van der Waals surface area (Å²) in [7, 11) is -0.531. The summed E-state index contributed by atoms with van der Waals surface area (Å²) in [5, 5.41) is 13.1. The van der Waals surface area contributed by atoms with Crippen LogP contribution in [0.25, 0.3) is 0 Å². The molecule has 10 heteroatoms. The molecular weight excluding hydrogens is 657 g/mol. The lowest BCUT2D eigenvalue weighted by molar-refractivity contribution is -0.150. The molecule has 2 bridgehead atoms. The highest BCUT2D eigenvalue weighted by Crippen LogP contribution is 2.61. The number of nitriles is 1. The molecule has 270 valence electrons. The maximum Gasteiger partial charge on any atom is 0.481 e. The van der Waals surface area contributed by atoms with Crippen LogP contribution in [-0.4, -0.2) is 60.6 Å². The molecule has 4 fully saturated rings. The van der Waals surface area contributed by atoms with Crippen LogP contribution in [0, 0.1) is 28.6 Å². The van der Waals surface area contributed by atoms with Crippen molar-refractivity contribution in [3.63, 3.8) is 0 Å². The van der Waals surface area contributed by atoms with Crippen LogP contribution < -0.4 is 5.32 Å². The minimum absolute atomic E-state index is 0.0626. The Hall–Kier alpha value is -3.36. The number of hydrogen-bond acceptors (Lipinski definition) is 7. The fourth-order valence-electron chi connectivity index (χ4n) is 7.93. The fraction of sp³-hybridized carbons (Fsp3) is 0.537. The van der Waals surface area contributed by atoms with E-state index >= 15 is 0 Å². The number of ether oxygens (including phenoxy) is 2. The highest BCUT2D eigenvalue weighted by molar-refractivity contribution is 7.79. The van der Waals surface area contributed by atoms with Crippen LogP contribution in [0.2, 0.25) is 0 Å². The van der Waals surface area contributed by atoms with Gasteiger partial charge in [-0.15, -0.1) is 0 Å². The minimum atomic E-state index is -0.531. The summed E-state index contributed by atoms with van der Waals surface area (Å²) in [6, 6.07) is 24.6. The molecule has 1 amide bonds. The summed E-state index contributed by atoms with van der Waals surface area (Å²) in [5.41, 5.74) is 5.21. The number of amides is 1. The van der Waals surface area contributed by atoms with E-state index in [-0.39, 0.29) is 40.8 Å². The van der Waals surface area contributed by atoms with Gasteiger partial charge in [0.15, 0.2) is 0 Å². The molecule has 3 unspecified atom stereocenters. The Morgan fingerprint density at radius 1 is 1.04 bits per heavy atom. The van der Waals surface area contributed by atoms with Crippen LogP contribution in [0.4, 0.5) is 4.79 Å². The Balaban J connectivity index is 1.09. The van der Waals surface area contributed by atoms with Gasteiger partial charge in [-0.05, 0) is 103 Å². The third kappa shape index (κ3) is 9.36. The summed E-state index contributed by atoms with van der Waals surface area (Å²) >= 11 is 1.34. The van der Waals surface area contributed by atoms with E-state index in [9.17, 15) is 10.1 Å². The van der Waals surface area contributed by atoms with Crippen LogP contribution in [0.1, 0.15) is 80.8 Å². The van der Waals surface area contributed by atoms with Gasteiger partial charge in [-0.3, -0.25) is 4.98 Å². The summed E-state index contributed by atoms with van der Waals surface area (Å²) in [6.07, 6.45) is 8.35. The molecule has 0 radical (unpaired) electrons. The van der Waals surface area contributed by atoms with Crippen LogP contribution >= 0.6 is 0 Å². The number of carbonyl (C=O) groups is 1. The number of alkyl carbamates (subject to hydrolysis) is 1. The Kier molecular flexibility index (Phi) is 12.1. The first-order chi connectivity index (χ1) is 24.5. The molecule has 3 saturated carbocycles. The number of nitrogens with one attached hydrogen (secondary N) is 1. The quantitative estimate of drug-likeness (QED) is 0.0754. The Labute approximate surface area is 308 Å². The van der Waals surface area contributed by atoms with Crippen molar-refractivity contribution in [2.24, 2.45) is 17.3 Å². The van der Waals surface area contributed by atoms with Crippen molar-refractivity contribution in [3.05, 3.63) is 101 Å². The largest absolute Gasteiger partial charge is 0.481 e. The maximum absolute atomic E-state index is 13.3. The predicted molar refractivity (Wildman–Crippen MR) is 203 cm³/mol. The molecule has 3 aromatic rings. The summed E-state index contributed by atoms with van der Waals surface area (Å²) in [4.78, 5) is 17.8. The van der Waals surface area contributed by atoms with Crippen LogP contribution in [-0.2, 0) is 56.4 Å². The van der Waals surface area contributed by atoms with E-state index in [4.69, 9.17) is 18.8 Å². The van der Waals surface area contributed by atoms with Gasteiger partial charge in [0.2, 0.25) is 0 Å². The predicted octanol–water partition coefficient (Wildman–Crippen LogP) is 6.82. The second kappa shape index (κ2) is 16.5. The lowest BCUT2D eigenvalue weighted by Crippen LogP contribution is -2.59. The molecule has 6 atom stereocenters. The number of benzene rings is 2. The van der Waals surface area contributed by atoms with Crippen LogP contribution in [0.15, 0.2) is 72.9 Å². The molecule has 1 saturated heterocycles. The number of carbonyl (C=O) groups excluding carboxylic acids is 1. The van der Waals surface area contributed by atoms with E-state index < -0.39 is 13.2 Å². The van der Waals surface area contributed by atoms with Gasteiger partial charge in [0.05, 0.1) is 61.9 Å². The lowest BCUT2D eigenvalue weighted by Gasteiger charge is -2.60.